The van der Waals surface area contributed by atoms with Gasteiger partial charge in [0.15, 0.2) is 5.78 Å². The molecule has 0 spiro atoms. The number of hydrogen-bond acceptors (Lipinski definition) is 4. The molecule has 0 bridgehead atoms. The molecule has 0 atom stereocenters. The summed E-state index contributed by atoms with van der Waals surface area (Å²) in [5, 5.41) is 10.0. The zero-order chi connectivity index (χ0) is 16.4. The minimum atomic E-state index is -0.127. The molecular weight excluding hydrogens is 280 g/mol. The van der Waals surface area contributed by atoms with E-state index in [-0.39, 0.29) is 17.1 Å². The second-order valence-corrected chi connectivity index (χ2v) is 5.41. The first-order chi connectivity index (χ1) is 10.6. The predicted molar refractivity (Wildman–Crippen MR) is 88.2 cm³/mol. The van der Waals surface area contributed by atoms with Crippen molar-refractivity contribution in [2.24, 2.45) is 0 Å². The molecule has 1 aromatic carbocycles. The van der Waals surface area contributed by atoms with Gasteiger partial charge in [-0.25, -0.2) is 0 Å². The van der Waals surface area contributed by atoms with Crippen LogP contribution in [-0.4, -0.2) is 24.6 Å². The van der Waals surface area contributed by atoms with Crippen molar-refractivity contribution >= 4 is 5.78 Å². The number of aromatic hydroxyl groups is 1. The Morgan fingerprint density at radius 1 is 1.09 bits per heavy atom. The molecule has 4 nitrogen and oxygen atoms in total. The first kappa shape index (κ1) is 18.3. The Labute approximate surface area is 133 Å². The van der Waals surface area contributed by atoms with Crippen LogP contribution in [0, 0.1) is 0 Å². The van der Waals surface area contributed by atoms with Crippen molar-refractivity contribution in [2.45, 2.75) is 58.8 Å². The van der Waals surface area contributed by atoms with E-state index >= 15 is 0 Å². The van der Waals surface area contributed by atoms with Gasteiger partial charge in [-0.1, -0.05) is 46.0 Å². The number of rotatable bonds is 11. The number of benzene rings is 1. The van der Waals surface area contributed by atoms with Gasteiger partial charge >= 0.3 is 0 Å². The lowest BCUT2D eigenvalue weighted by molar-refractivity contribution is 0.0981. The molecule has 0 saturated carbocycles. The summed E-state index contributed by atoms with van der Waals surface area (Å²) in [4.78, 5) is 12.0. The van der Waals surface area contributed by atoms with Crippen LogP contribution in [-0.2, 0) is 0 Å². The van der Waals surface area contributed by atoms with Crippen LogP contribution in [0.15, 0.2) is 12.1 Å². The molecule has 0 aliphatic heterocycles. The molecule has 124 valence electrons. The lowest BCUT2D eigenvalue weighted by atomic mass is 10.1. The minimum Gasteiger partial charge on any atom is -0.507 e. The van der Waals surface area contributed by atoms with Gasteiger partial charge in [-0.05, 0) is 6.42 Å². The highest BCUT2D eigenvalue weighted by Crippen LogP contribution is 2.34. The summed E-state index contributed by atoms with van der Waals surface area (Å²) in [5.74, 6) is 0.697. The number of unbranched alkanes of at least 4 members (excludes halogenated alkanes) is 5. The summed E-state index contributed by atoms with van der Waals surface area (Å²) < 4.78 is 10.9. The lowest BCUT2D eigenvalue weighted by Gasteiger charge is -2.13. The van der Waals surface area contributed by atoms with Crippen LogP contribution < -0.4 is 9.47 Å². The summed E-state index contributed by atoms with van der Waals surface area (Å²) in [5.41, 5.74) is 0.259. The number of methoxy groups -OCH3 is 1. The van der Waals surface area contributed by atoms with Crippen LogP contribution in [0.5, 0.6) is 17.2 Å². The summed E-state index contributed by atoms with van der Waals surface area (Å²) in [6, 6.07) is 3.11. The highest BCUT2D eigenvalue weighted by atomic mass is 16.5. The topological polar surface area (TPSA) is 55.8 Å². The highest BCUT2D eigenvalue weighted by Gasteiger charge is 2.18. The normalized spacial score (nSPS) is 10.5. The minimum absolute atomic E-state index is 0.0795. The second-order valence-electron chi connectivity index (χ2n) is 5.41. The zero-order valence-corrected chi connectivity index (χ0v) is 14.0. The fourth-order valence-corrected chi connectivity index (χ4v) is 2.33. The van der Waals surface area contributed by atoms with Crippen molar-refractivity contribution in [2.75, 3.05) is 13.7 Å². The van der Waals surface area contributed by atoms with Crippen LogP contribution in [0.3, 0.4) is 0 Å². The average molecular weight is 308 g/mol. The number of phenolic OH excluding ortho intramolecular Hbond substituents is 1. The average Bonchev–Trinajstić information content (AvgIpc) is 2.52. The van der Waals surface area contributed by atoms with Crippen molar-refractivity contribution in [3.8, 4) is 17.2 Å². The van der Waals surface area contributed by atoms with E-state index in [2.05, 4.69) is 6.92 Å². The number of ketones is 1. The van der Waals surface area contributed by atoms with Crippen LogP contribution in [0.1, 0.15) is 69.2 Å². The Balaban J connectivity index is 2.63. The van der Waals surface area contributed by atoms with Crippen molar-refractivity contribution in [3.63, 3.8) is 0 Å². The summed E-state index contributed by atoms with van der Waals surface area (Å²) in [6.45, 7) is 4.51. The largest absolute Gasteiger partial charge is 0.507 e. The maximum Gasteiger partial charge on any atom is 0.170 e. The Hall–Kier alpha value is -1.71. The van der Waals surface area contributed by atoms with E-state index in [0.717, 1.165) is 12.8 Å². The van der Waals surface area contributed by atoms with Gasteiger partial charge in [0, 0.05) is 18.6 Å². The number of phenols is 1. The second kappa shape index (κ2) is 10.1. The van der Waals surface area contributed by atoms with E-state index in [4.69, 9.17) is 9.47 Å². The molecule has 0 saturated heterocycles. The fourth-order valence-electron chi connectivity index (χ4n) is 2.33. The summed E-state index contributed by atoms with van der Waals surface area (Å²) in [6.07, 6.45) is 7.38. The van der Waals surface area contributed by atoms with E-state index in [1.807, 2.05) is 0 Å². The van der Waals surface area contributed by atoms with Crippen LogP contribution >= 0.6 is 0 Å². The molecular formula is C18H28O4. The monoisotopic (exact) mass is 308 g/mol. The zero-order valence-electron chi connectivity index (χ0n) is 14.0. The number of Topliss-reactive ketones (excluding diaryl/α,β-unsaturated/α-hetero) is 1. The molecule has 0 radical (unpaired) electrons. The summed E-state index contributed by atoms with van der Waals surface area (Å²) in [7, 11) is 1.52. The lowest BCUT2D eigenvalue weighted by Crippen LogP contribution is -2.05. The first-order valence-electron chi connectivity index (χ1n) is 8.21. The van der Waals surface area contributed by atoms with Crippen LogP contribution in [0.2, 0.25) is 0 Å². The number of carbonyl (C=O) groups is 1. The Kier molecular flexibility index (Phi) is 8.41. The SMILES string of the molecule is CCCCCCCCOc1cc(OC)cc(O)c1C(=O)CC. The molecule has 0 fully saturated rings. The Morgan fingerprint density at radius 3 is 2.41 bits per heavy atom. The molecule has 0 aliphatic rings. The molecule has 0 heterocycles. The van der Waals surface area contributed by atoms with Gasteiger partial charge in [0.1, 0.15) is 22.8 Å². The molecule has 1 rings (SSSR count). The summed E-state index contributed by atoms with van der Waals surface area (Å²) >= 11 is 0. The van der Waals surface area contributed by atoms with Crippen LogP contribution in [0.25, 0.3) is 0 Å². The van der Waals surface area contributed by atoms with Gasteiger partial charge in [-0.3, -0.25) is 4.79 Å². The van der Waals surface area contributed by atoms with Crippen molar-refractivity contribution in [1.29, 1.82) is 0 Å². The third-order valence-corrected chi connectivity index (χ3v) is 3.65. The van der Waals surface area contributed by atoms with Gasteiger partial charge in [-0.15, -0.1) is 0 Å². The molecule has 0 amide bonds. The third-order valence-electron chi connectivity index (χ3n) is 3.65. The van der Waals surface area contributed by atoms with Gasteiger partial charge in [0.05, 0.1) is 13.7 Å². The van der Waals surface area contributed by atoms with E-state index in [9.17, 15) is 9.90 Å². The van der Waals surface area contributed by atoms with Gasteiger partial charge < -0.3 is 14.6 Å². The third kappa shape index (κ3) is 5.58. The van der Waals surface area contributed by atoms with E-state index < -0.39 is 0 Å². The number of hydrogen-bond donors (Lipinski definition) is 1. The number of ether oxygens (including phenoxy) is 2. The Morgan fingerprint density at radius 2 is 1.77 bits per heavy atom. The molecule has 1 aromatic rings. The fraction of sp³-hybridized carbons (Fsp3) is 0.611. The van der Waals surface area contributed by atoms with Crippen molar-refractivity contribution in [1.82, 2.24) is 0 Å². The van der Waals surface area contributed by atoms with Gasteiger partial charge in [0.25, 0.3) is 0 Å². The number of carbonyl (C=O) groups excluding carboxylic acids is 1. The molecule has 0 unspecified atom stereocenters. The quantitative estimate of drug-likeness (QED) is 0.474. The van der Waals surface area contributed by atoms with Crippen molar-refractivity contribution in [3.05, 3.63) is 17.7 Å². The molecule has 0 aromatic heterocycles. The van der Waals surface area contributed by atoms with Crippen LogP contribution in [0.4, 0.5) is 0 Å². The Bertz CT molecular complexity index is 468. The maximum atomic E-state index is 12.0. The maximum absolute atomic E-state index is 12.0. The van der Waals surface area contributed by atoms with Crippen molar-refractivity contribution < 1.29 is 19.4 Å². The standard InChI is InChI=1S/C18H28O4/c1-4-6-7-8-9-10-11-22-17-13-14(21-3)12-16(20)18(17)15(19)5-2/h12-13,20H,4-11H2,1-3H3. The van der Waals surface area contributed by atoms with E-state index in [1.165, 1.54) is 38.9 Å². The molecule has 1 N–H and O–H groups in total. The highest BCUT2D eigenvalue weighted by molar-refractivity contribution is 6.01. The van der Waals surface area contributed by atoms with E-state index in [1.54, 1.807) is 13.0 Å². The van der Waals surface area contributed by atoms with E-state index in [0.29, 0.717) is 24.5 Å². The first-order valence-corrected chi connectivity index (χ1v) is 8.21. The van der Waals surface area contributed by atoms with Gasteiger partial charge in [0.2, 0.25) is 0 Å². The predicted octanol–water partition coefficient (Wildman–Crippen LogP) is 4.73. The molecule has 0 aliphatic carbocycles. The smallest absolute Gasteiger partial charge is 0.170 e. The molecule has 4 heteroatoms. The molecule has 22 heavy (non-hydrogen) atoms. The van der Waals surface area contributed by atoms with Gasteiger partial charge in [-0.2, -0.15) is 0 Å².